The van der Waals surface area contributed by atoms with Gasteiger partial charge in [0.15, 0.2) is 0 Å². The SMILES string of the molecule is CC1(C)C(C(Br)c2cc(Cl)c(Br)cc2F)C1(C)C. The molecule has 2 rings (SSSR count). The Labute approximate surface area is 130 Å². The maximum atomic E-state index is 14.1. The lowest BCUT2D eigenvalue weighted by molar-refractivity contribution is 0.457. The third kappa shape index (κ3) is 2.06. The second kappa shape index (κ2) is 4.46. The first kappa shape index (κ1) is 14.8. The van der Waals surface area contributed by atoms with E-state index in [2.05, 4.69) is 59.6 Å². The van der Waals surface area contributed by atoms with E-state index in [1.165, 1.54) is 6.07 Å². The van der Waals surface area contributed by atoms with Gasteiger partial charge in [-0.05, 0) is 44.8 Å². The molecule has 0 saturated heterocycles. The summed E-state index contributed by atoms with van der Waals surface area (Å²) in [6.07, 6.45) is 0. The average Bonchev–Trinajstić information content (AvgIpc) is 2.62. The number of hydrogen-bond donors (Lipinski definition) is 0. The molecule has 1 unspecified atom stereocenters. The predicted molar refractivity (Wildman–Crippen MR) is 81.8 cm³/mol. The second-order valence-electron chi connectivity index (χ2n) is 6.11. The van der Waals surface area contributed by atoms with Crippen molar-refractivity contribution in [2.75, 3.05) is 0 Å². The van der Waals surface area contributed by atoms with Crippen molar-refractivity contribution in [3.8, 4) is 0 Å². The number of alkyl halides is 1. The van der Waals surface area contributed by atoms with Gasteiger partial charge in [0.25, 0.3) is 0 Å². The van der Waals surface area contributed by atoms with Crippen molar-refractivity contribution in [3.05, 3.63) is 33.0 Å². The van der Waals surface area contributed by atoms with Crippen molar-refractivity contribution in [1.82, 2.24) is 0 Å². The van der Waals surface area contributed by atoms with Gasteiger partial charge in [-0.3, -0.25) is 0 Å². The molecule has 4 heteroatoms. The van der Waals surface area contributed by atoms with Gasteiger partial charge in [-0.25, -0.2) is 4.39 Å². The van der Waals surface area contributed by atoms with Gasteiger partial charge >= 0.3 is 0 Å². The summed E-state index contributed by atoms with van der Waals surface area (Å²) >= 11 is 13.0. The molecule has 100 valence electrons. The third-order valence-electron chi connectivity index (χ3n) is 4.76. The summed E-state index contributed by atoms with van der Waals surface area (Å²) in [5.41, 5.74) is 1.05. The fraction of sp³-hybridized carbons (Fsp3) is 0.571. The minimum Gasteiger partial charge on any atom is -0.207 e. The van der Waals surface area contributed by atoms with Crippen LogP contribution in [0.5, 0.6) is 0 Å². The van der Waals surface area contributed by atoms with Crippen molar-refractivity contribution in [3.63, 3.8) is 0 Å². The van der Waals surface area contributed by atoms with Crippen molar-refractivity contribution >= 4 is 43.5 Å². The number of rotatable bonds is 2. The van der Waals surface area contributed by atoms with Crippen molar-refractivity contribution < 1.29 is 4.39 Å². The van der Waals surface area contributed by atoms with Gasteiger partial charge in [0.2, 0.25) is 0 Å². The minimum absolute atomic E-state index is 0.00639. The molecule has 0 bridgehead atoms. The molecule has 1 fully saturated rings. The van der Waals surface area contributed by atoms with Crippen LogP contribution in [0.3, 0.4) is 0 Å². The first-order chi connectivity index (χ1) is 8.10. The molecular formula is C14H16Br2ClF. The summed E-state index contributed by atoms with van der Waals surface area (Å²) in [7, 11) is 0. The maximum absolute atomic E-state index is 14.1. The quantitative estimate of drug-likeness (QED) is 0.402. The largest absolute Gasteiger partial charge is 0.207 e. The lowest BCUT2D eigenvalue weighted by Crippen LogP contribution is -2.02. The average molecular weight is 399 g/mol. The molecule has 0 nitrogen and oxygen atoms in total. The Kier molecular flexibility index (Phi) is 3.67. The zero-order valence-electron chi connectivity index (χ0n) is 10.8. The van der Waals surface area contributed by atoms with Crippen LogP contribution >= 0.6 is 43.5 Å². The fourth-order valence-corrected chi connectivity index (χ4v) is 5.07. The second-order valence-corrected chi connectivity index (χ2v) is 8.36. The van der Waals surface area contributed by atoms with Crippen LogP contribution in [0.15, 0.2) is 16.6 Å². The Morgan fingerprint density at radius 1 is 1.22 bits per heavy atom. The Bertz CT molecular complexity index is 483. The molecule has 0 N–H and O–H groups in total. The van der Waals surface area contributed by atoms with Gasteiger partial charge in [0, 0.05) is 14.9 Å². The molecular weight excluding hydrogens is 382 g/mol. The Balaban J connectivity index is 2.37. The van der Waals surface area contributed by atoms with E-state index in [1.807, 2.05) is 0 Å². The van der Waals surface area contributed by atoms with Crippen LogP contribution in [-0.2, 0) is 0 Å². The van der Waals surface area contributed by atoms with E-state index < -0.39 is 0 Å². The zero-order valence-corrected chi connectivity index (χ0v) is 14.7. The van der Waals surface area contributed by atoms with E-state index in [9.17, 15) is 4.39 Å². The Morgan fingerprint density at radius 2 is 1.72 bits per heavy atom. The smallest absolute Gasteiger partial charge is 0.128 e. The number of benzene rings is 1. The van der Waals surface area contributed by atoms with Crippen LogP contribution in [-0.4, -0.2) is 0 Å². The van der Waals surface area contributed by atoms with E-state index in [0.29, 0.717) is 21.0 Å². The highest BCUT2D eigenvalue weighted by atomic mass is 79.9. The normalized spacial score (nSPS) is 22.9. The lowest BCUT2D eigenvalue weighted by atomic mass is 10.0. The van der Waals surface area contributed by atoms with Crippen molar-refractivity contribution in [1.29, 1.82) is 0 Å². The molecule has 1 atom stereocenters. The van der Waals surface area contributed by atoms with E-state index >= 15 is 0 Å². The summed E-state index contributed by atoms with van der Waals surface area (Å²) in [6.45, 7) is 8.91. The standard InChI is InChI=1S/C14H16Br2ClF/c1-13(2)12(14(13,3)4)11(16)7-5-9(17)8(15)6-10(7)18/h5-6,11-12H,1-4H3. The molecule has 1 aliphatic rings. The van der Waals surface area contributed by atoms with Gasteiger partial charge < -0.3 is 0 Å². The van der Waals surface area contributed by atoms with Gasteiger partial charge in [0.1, 0.15) is 5.82 Å². The molecule has 0 spiro atoms. The Morgan fingerprint density at radius 3 is 2.17 bits per heavy atom. The van der Waals surface area contributed by atoms with Gasteiger partial charge in [0.05, 0.1) is 5.02 Å². The van der Waals surface area contributed by atoms with Crippen LogP contribution in [0.2, 0.25) is 5.02 Å². The van der Waals surface area contributed by atoms with Crippen LogP contribution in [0.25, 0.3) is 0 Å². The topological polar surface area (TPSA) is 0 Å². The first-order valence-corrected chi connectivity index (χ1v) is 7.98. The summed E-state index contributed by atoms with van der Waals surface area (Å²) < 4.78 is 14.7. The van der Waals surface area contributed by atoms with E-state index in [4.69, 9.17) is 11.6 Å². The van der Waals surface area contributed by atoms with Gasteiger partial charge in [-0.2, -0.15) is 0 Å². The zero-order chi connectivity index (χ0) is 13.9. The third-order valence-corrected chi connectivity index (χ3v) is 6.98. The van der Waals surface area contributed by atoms with E-state index in [-0.39, 0.29) is 21.5 Å². The molecule has 18 heavy (non-hydrogen) atoms. The van der Waals surface area contributed by atoms with E-state index in [0.717, 1.165) is 0 Å². The molecule has 0 radical (unpaired) electrons. The minimum atomic E-state index is -0.216. The highest BCUT2D eigenvalue weighted by molar-refractivity contribution is 9.10. The fourth-order valence-electron chi connectivity index (χ4n) is 2.91. The van der Waals surface area contributed by atoms with Crippen molar-refractivity contribution in [2.24, 2.45) is 16.7 Å². The lowest BCUT2D eigenvalue weighted by Gasteiger charge is -2.14. The maximum Gasteiger partial charge on any atom is 0.128 e. The molecule has 0 amide bonds. The van der Waals surface area contributed by atoms with Crippen LogP contribution in [0, 0.1) is 22.6 Å². The van der Waals surface area contributed by atoms with Crippen LogP contribution < -0.4 is 0 Å². The first-order valence-electron chi connectivity index (χ1n) is 5.89. The van der Waals surface area contributed by atoms with Crippen molar-refractivity contribution in [2.45, 2.75) is 32.5 Å². The van der Waals surface area contributed by atoms with Crippen LogP contribution in [0.4, 0.5) is 4.39 Å². The molecule has 1 aliphatic carbocycles. The molecule has 1 aromatic rings. The predicted octanol–water partition coefficient (Wildman–Crippen LogP) is 6.36. The van der Waals surface area contributed by atoms with Gasteiger partial charge in [-0.1, -0.05) is 55.2 Å². The van der Waals surface area contributed by atoms with Crippen LogP contribution in [0.1, 0.15) is 38.1 Å². The molecule has 0 aliphatic heterocycles. The molecule has 0 heterocycles. The summed E-state index contributed by atoms with van der Waals surface area (Å²) in [4.78, 5) is -0.00639. The number of hydrogen-bond acceptors (Lipinski definition) is 0. The molecule has 1 aromatic carbocycles. The summed E-state index contributed by atoms with van der Waals surface area (Å²) in [6, 6.07) is 3.15. The Hall–Kier alpha value is 0.400. The molecule has 1 saturated carbocycles. The molecule has 0 aromatic heterocycles. The monoisotopic (exact) mass is 396 g/mol. The van der Waals surface area contributed by atoms with Gasteiger partial charge in [-0.15, -0.1) is 0 Å². The highest BCUT2D eigenvalue weighted by Crippen LogP contribution is 2.74. The summed E-state index contributed by atoms with van der Waals surface area (Å²) in [5.74, 6) is 0.184. The summed E-state index contributed by atoms with van der Waals surface area (Å²) in [5, 5.41) is 0.548. The number of halogens is 4. The van der Waals surface area contributed by atoms with E-state index in [1.54, 1.807) is 6.07 Å². The highest BCUT2D eigenvalue weighted by Gasteiger charge is 2.67.